The molecule has 136 valence electrons. The second-order valence-corrected chi connectivity index (χ2v) is 7.10. The maximum Gasteiger partial charge on any atom is 0.261 e. The Balaban J connectivity index is 1.80. The number of carbonyl (C=O) groups excluding carboxylic acids is 2. The lowest BCUT2D eigenvalue weighted by Crippen LogP contribution is -2.34. The molecular formula is C18H17BrFN3O3. The summed E-state index contributed by atoms with van der Waals surface area (Å²) in [5, 5.41) is 2.92. The molecule has 6 nitrogen and oxygen atoms in total. The molecular weight excluding hydrogens is 405 g/mol. The highest BCUT2D eigenvalue weighted by atomic mass is 79.9. The number of benzene rings is 1. The van der Waals surface area contributed by atoms with Crippen LogP contribution in [0.3, 0.4) is 0 Å². The van der Waals surface area contributed by atoms with Crippen molar-refractivity contribution in [1.29, 1.82) is 0 Å². The predicted molar refractivity (Wildman–Crippen MR) is 97.2 cm³/mol. The number of amides is 2. The number of hydrogen-bond acceptors (Lipinski definition) is 3. The molecule has 1 unspecified atom stereocenters. The minimum atomic E-state index is -0.805. The van der Waals surface area contributed by atoms with Gasteiger partial charge in [0.05, 0.1) is 16.9 Å². The van der Waals surface area contributed by atoms with Crippen molar-refractivity contribution in [1.82, 2.24) is 10.3 Å². The maximum absolute atomic E-state index is 13.3. The van der Waals surface area contributed by atoms with E-state index in [0.717, 1.165) is 6.42 Å². The molecule has 1 heterocycles. The first-order valence-corrected chi connectivity index (χ1v) is 8.93. The molecule has 2 aromatic rings. The Kier molecular flexibility index (Phi) is 5.22. The first kappa shape index (κ1) is 18.3. The summed E-state index contributed by atoms with van der Waals surface area (Å²) in [6.07, 6.45) is 2.25. The molecule has 2 amide bonds. The Hall–Kier alpha value is -2.48. The fourth-order valence-corrected chi connectivity index (χ4v) is 3.58. The summed E-state index contributed by atoms with van der Waals surface area (Å²) in [6.45, 7) is 0. The molecule has 1 aliphatic rings. The summed E-state index contributed by atoms with van der Waals surface area (Å²) in [5.74, 6) is -1.42. The van der Waals surface area contributed by atoms with Gasteiger partial charge in [0.25, 0.3) is 11.5 Å². The van der Waals surface area contributed by atoms with Crippen LogP contribution in [0.1, 0.15) is 46.1 Å². The SMILES string of the molecule is NC(=O)c1cc2c([nH]c1=O)CCCC2NC(=O)Cc1ccc(F)c(Br)c1. The molecule has 1 aromatic heterocycles. The number of aryl methyl sites for hydroxylation is 1. The second kappa shape index (κ2) is 7.41. The standard InChI is InChI=1S/C18H17BrFN3O3/c19-12-6-9(4-5-13(12)20)7-16(24)22-14-2-1-3-15-10(14)8-11(17(21)25)18(26)23-15/h4-6,8,14H,1-3,7H2,(H2,21,25)(H,22,24)(H,23,26). The second-order valence-electron chi connectivity index (χ2n) is 6.25. The number of carbonyl (C=O) groups is 2. The number of nitrogens with one attached hydrogen (secondary N) is 2. The molecule has 0 spiro atoms. The van der Waals surface area contributed by atoms with Crippen LogP contribution >= 0.6 is 15.9 Å². The minimum absolute atomic E-state index is 0.0940. The van der Waals surface area contributed by atoms with Crippen molar-refractivity contribution < 1.29 is 14.0 Å². The van der Waals surface area contributed by atoms with E-state index in [1.54, 1.807) is 12.1 Å². The van der Waals surface area contributed by atoms with E-state index in [2.05, 4.69) is 26.2 Å². The fraction of sp³-hybridized carbons (Fsp3) is 0.278. The first-order chi connectivity index (χ1) is 12.3. The largest absolute Gasteiger partial charge is 0.365 e. The summed E-state index contributed by atoms with van der Waals surface area (Å²) in [5.41, 5.74) is 6.70. The van der Waals surface area contributed by atoms with Crippen molar-refractivity contribution in [2.24, 2.45) is 5.73 Å². The minimum Gasteiger partial charge on any atom is -0.365 e. The van der Waals surface area contributed by atoms with Gasteiger partial charge in [-0.2, -0.15) is 0 Å². The van der Waals surface area contributed by atoms with E-state index in [1.165, 1.54) is 12.1 Å². The lowest BCUT2D eigenvalue weighted by Gasteiger charge is -2.26. The zero-order valence-corrected chi connectivity index (χ0v) is 15.4. The molecule has 1 aromatic carbocycles. The van der Waals surface area contributed by atoms with Crippen LogP contribution in [0.25, 0.3) is 0 Å². The highest BCUT2D eigenvalue weighted by molar-refractivity contribution is 9.10. The van der Waals surface area contributed by atoms with Crippen molar-refractivity contribution in [3.63, 3.8) is 0 Å². The number of hydrogen-bond donors (Lipinski definition) is 3. The van der Waals surface area contributed by atoms with E-state index < -0.39 is 17.3 Å². The molecule has 0 bridgehead atoms. The number of rotatable bonds is 4. The zero-order valence-electron chi connectivity index (χ0n) is 13.8. The Labute approximate surface area is 157 Å². The third-order valence-electron chi connectivity index (χ3n) is 4.40. The summed E-state index contributed by atoms with van der Waals surface area (Å²) < 4.78 is 13.6. The summed E-state index contributed by atoms with van der Waals surface area (Å²) >= 11 is 3.10. The number of pyridine rings is 1. The Morgan fingerprint density at radius 3 is 2.81 bits per heavy atom. The summed E-state index contributed by atoms with van der Waals surface area (Å²) in [4.78, 5) is 38.4. The van der Waals surface area contributed by atoms with Gasteiger partial charge in [-0.05, 0) is 64.5 Å². The number of halogens is 2. The molecule has 0 saturated carbocycles. The molecule has 0 fully saturated rings. The number of fused-ring (bicyclic) bond motifs is 1. The van der Waals surface area contributed by atoms with E-state index >= 15 is 0 Å². The van der Waals surface area contributed by atoms with E-state index in [0.29, 0.717) is 34.1 Å². The van der Waals surface area contributed by atoms with Crippen LogP contribution in [0.15, 0.2) is 33.5 Å². The molecule has 0 aliphatic heterocycles. The van der Waals surface area contributed by atoms with Gasteiger partial charge < -0.3 is 16.0 Å². The van der Waals surface area contributed by atoms with Crippen molar-refractivity contribution in [2.75, 3.05) is 0 Å². The molecule has 1 aliphatic carbocycles. The first-order valence-electron chi connectivity index (χ1n) is 8.14. The summed E-state index contributed by atoms with van der Waals surface area (Å²) in [6, 6.07) is 5.57. The van der Waals surface area contributed by atoms with E-state index in [9.17, 15) is 18.8 Å². The normalized spacial score (nSPS) is 16.0. The quantitative estimate of drug-likeness (QED) is 0.703. The van der Waals surface area contributed by atoms with Gasteiger partial charge in [-0.1, -0.05) is 6.07 Å². The Morgan fingerprint density at radius 2 is 2.12 bits per heavy atom. The molecule has 1 atom stereocenters. The fourth-order valence-electron chi connectivity index (χ4n) is 3.15. The topological polar surface area (TPSA) is 105 Å². The van der Waals surface area contributed by atoms with Gasteiger partial charge in [0.2, 0.25) is 5.91 Å². The van der Waals surface area contributed by atoms with Crippen LogP contribution in [-0.2, 0) is 17.6 Å². The average Bonchev–Trinajstić information content (AvgIpc) is 2.57. The van der Waals surface area contributed by atoms with E-state index in [1.807, 2.05) is 0 Å². The van der Waals surface area contributed by atoms with Crippen molar-refractivity contribution in [2.45, 2.75) is 31.7 Å². The van der Waals surface area contributed by atoms with Gasteiger partial charge in [-0.15, -0.1) is 0 Å². The number of H-pyrrole nitrogens is 1. The van der Waals surface area contributed by atoms with Crippen molar-refractivity contribution in [3.05, 3.63) is 67.3 Å². The number of nitrogens with two attached hydrogens (primary N) is 1. The van der Waals surface area contributed by atoms with Gasteiger partial charge in [0.15, 0.2) is 0 Å². The van der Waals surface area contributed by atoms with Gasteiger partial charge in [0.1, 0.15) is 11.4 Å². The predicted octanol–water partition coefficient (Wildman–Crippen LogP) is 2.11. The van der Waals surface area contributed by atoms with Crippen LogP contribution in [0.2, 0.25) is 0 Å². The zero-order chi connectivity index (χ0) is 18.8. The number of aromatic amines is 1. The van der Waals surface area contributed by atoms with Crippen LogP contribution < -0.4 is 16.6 Å². The third kappa shape index (κ3) is 3.85. The lowest BCUT2D eigenvalue weighted by atomic mass is 9.90. The monoisotopic (exact) mass is 421 g/mol. The highest BCUT2D eigenvalue weighted by Crippen LogP contribution is 2.28. The van der Waals surface area contributed by atoms with Gasteiger partial charge >= 0.3 is 0 Å². The molecule has 4 N–H and O–H groups in total. The van der Waals surface area contributed by atoms with Crippen LogP contribution in [0.4, 0.5) is 4.39 Å². The molecule has 0 saturated heterocycles. The number of aromatic nitrogens is 1. The van der Waals surface area contributed by atoms with E-state index in [-0.39, 0.29) is 23.9 Å². The van der Waals surface area contributed by atoms with Gasteiger partial charge in [-0.3, -0.25) is 14.4 Å². The number of primary amides is 1. The average molecular weight is 422 g/mol. The van der Waals surface area contributed by atoms with Crippen LogP contribution in [0, 0.1) is 5.82 Å². The maximum atomic E-state index is 13.3. The molecule has 8 heteroatoms. The van der Waals surface area contributed by atoms with Crippen molar-refractivity contribution >= 4 is 27.7 Å². The highest BCUT2D eigenvalue weighted by Gasteiger charge is 2.25. The molecule has 0 radical (unpaired) electrons. The van der Waals surface area contributed by atoms with Gasteiger partial charge in [0, 0.05) is 5.69 Å². The smallest absolute Gasteiger partial charge is 0.261 e. The third-order valence-corrected chi connectivity index (χ3v) is 5.01. The van der Waals surface area contributed by atoms with Crippen LogP contribution in [-0.4, -0.2) is 16.8 Å². The molecule has 26 heavy (non-hydrogen) atoms. The van der Waals surface area contributed by atoms with Crippen molar-refractivity contribution in [3.8, 4) is 0 Å². The van der Waals surface area contributed by atoms with Gasteiger partial charge in [-0.25, -0.2) is 4.39 Å². The van der Waals surface area contributed by atoms with Crippen LogP contribution in [0.5, 0.6) is 0 Å². The van der Waals surface area contributed by atoms with E-state index in [4.69, 9.17) is 5.73 Å². The summed E-state index contributed by atoms with van der Waals surface area (Å²) in [7, 11) is 0. The Bertz CT molecular complexity index is 942. The Morgan fingerprint density at radius 1 is 1.35 bits per heavy atom. The molecule has 3 rings (SSSR count). The lowest BCUT2D eigenvalue weighted by molar-refractivity contribution is -0.121.